The summed E-state index contributed by atoms with van der Waals surface area (Å²) in [6, 6.07) is 30.8. The molecule has 252 valence electrons. The molecule has 0 heterocycles. The number of anilines is 1. The van der Waals surface area contributed by atoms with Gasteiger partial charge in [-0.2, -0.15) is 0 Å². The van der Waals surface area contributed by atoms with Gasteiger partial charge in [0.1, 0.15) is 29.2 Å². The van der Waals surface area contributed by atoms with Crippen molar-refractivity contribution in [2.75, 3.05) is 18.4 Å². The fourth-order valence-electron chi connectivity index (χ4n) is 5.02. The highest BCUT2D eigenvalue weighted by Gasteiger charge is 2.32. The smallest absolute Gasteiger partial charge is 0.261 e. The first-order valence-electron chi connectivity index (χ1n) is 15.1. The zero-order valence-electron chi connectivity index (χ0n) is 26.4. The molecule has 0 fully saturated rings. The van der Waals surface area contributed by atoms with Crippen LogP contribution >= 0.6 is 0 Å². The highest BCUT2D eigenvalue weighted by molar-refractivity contribution is 7.92. The molecule has 0 aliphatic carbocycles. The second kappa shape index (κ2) is 15.9. The number of hydrogen-bond acceptors (Lipinski definition) is 6. The lowest BCUT2D eigenvalue weighted by Gasteiger charge is -2.31. The first kappa shape index (κ1) is 34.6. The molecule has 12 heteroatoms. The third-order valence-electron chi connectivity index (χ3n) is 7.50. The Balaban J connectivity index is 1.36. The number of rotatable bonds is 14. The van der Waals surface area contributed by atoms with Gasteiger partial charge in [0.2, 0.25) is 5.91 Å². The molecule has 0 saturated carbocycles. The van der Waals surface area contributed by atoms with E-state index in [1.807, 2.05) is 18.2 Å². The van der Waals surface area contributed by atoms with Gasteiger partial charge < -0.3 is 19.7 Å². The third-order valence-corrected chi connectivity index (χ3v) is 8.90. The van der Waals surface area contributed by atoms with Crippen LogP contribution in [0.5, 0.6) is 11.5 Å². The molecule has 1 atom stereocenters. The summed E-state index contributed by atoms with van der Waals surface area (Å²) >= 11 is 0. The second-order valence-corrected chi connectivity index (χ2v) is 12.5. The number of hydrogen-bond donors (Lipinski definition) is 2. The van der Waals surface area contributed by atoms with E-state index in [-0.39, 0.29) is 29.4 Å². The van der Waals surface area contributed by atoms with Gasteiger partial charge in [0.25, 0.3) is 15.9 Å². The fourth-order valence-corrected chi connectivity index (χ4v) is 6.08. The fraction of sp³-hybridized carbons (Fsp3) is 0.135. The minimum atomic E-state index is -3.99. The maximum atomic E-state index is 13.9. The van der Waals surface area contributed by atoms with Crippen molar-refractivity contribution in [3.63, 3.8) is 0 Å². The number of sulfonamides is 1. The first-order chi connectivity index (χ1) is 23.6. The Morgan fingerprint density at radius 3 is 2.04 bits per heavy atom. The number of carbonyl (C=O) groups is 2. The van der Waals surface area contributed by atoms with Crippen molar-refractivity contribution >= 4 is 27.5 Å². The van der Waals surface area contributed by atoms with Crippen molar-refractivity contribution in [1.29, 1.82) is 0 Å². The average molecular weight is 686 g/mol. The van der Waals surface area contributed by atoms with Crippen molar-refractivity contribution in [2.45, 2.75) is 24.0 Å². The largest absolute Gasteiger partial charge is 0.496 e. The first-order valence-corrected chi connectivity index (χ1v) is 16.6. The van der Waals surface area contributed by atoms with Crippen molar-refractivity contribution in [1.82, 2.24) is 10.2 Å². The standard InChI is InChI=1S/C37H33F2N3O6S/c1-47-34-10-6-5-9-28(34)23-40-37(44)36(27-7-3-2-4-8-27)42(24-26-11-13-29(38)14-12-26)35(43)25-48-32-19-21-33(22-20-32)49(45,46)41-31-17-15-30(39)16-18-31/h2-22,36,41H,23-25H2,1H3,(H,40,44). The van der Waals surface area contributed by atoms with Gasteiger partial charge in [-0.25, -0.2) is 17.2 Å². The molecule has 49 heavy (non-hydrogen) atoms. The SMILES string of the molecule is COc1ccccc1CNC(=O)C(c1ccccc1)N(Cc1ccc(F)cc1)C(=O)COc1ccc(S(=O)(=O)Nc2ccc(F)cc2)cc1. The number of benzene rings is 5. The Morgan fingerprint density at radius 1 is 0.776 bits per heavy atom. The molecule has 0 aromatic heterocycles. The molecule has 1 unspecified atom stereocenters. The van der Waals surface area contributed by atoms with Crippen LogP contribution in [0, 0.1) is 11.6 Å². The van der Waals surface area contributed by atoms with Crippen LogP contribution in [0.1, 0.15) is 22.7 Å². The van der Waals surface area contributed by atoms with Gasteiger partial charge >= 0.3 is 0 Å². The summed E-state index contributed by atoms with van der Waals surface area (Å²) in [7, 11) is -2.45. The Kier molecular flexibility index (Phi) is 11.2. The van der Waals surface area contributed by atoms with E-state index in [9.17, 15) is 26.8 Å². The minimum absolute atomic E-state index is 0.0453. The minimum Gasteiger partial charge on any atom is -0.496 e. The van der Waals surface area contributed by atoms with Crippen LogP contribution in [0.3, 0.4) is 0 Å². The van der Waals surface area contributed by atoms with Crippen LogP contribution < -0.4 is 19.5 Å². The highest BCUT2D eigenvalue weighted by Crippen LogP contribution is 2.26. The van der Waals surface area contributed by atoms with E-state index < -0.39 is 46.1 Å². The number of nitrogens with zero attached hydrogens (tertiary/aromatic N) is 1. The summed E-state index contributed by atoms with van der Waals surface area (Å²) < 4.78 is 66.2. The van der Waals surface area contributed by atoms with Gasteiger partial charge in [0.05, 0.1) is 12.0 Å². The lowest BCUT2D eigenvalue weighted by Crippen LogP contribution is -2.45. The van der Waals surface area contributed by atoms with Gasteiger partial charge in [0, 0.05) is 24.3 Å². The lowest BCUT2D eigenvalue weighted by molar-refractivity contribution is -0.143. The van der Waals surface area contributed by atoms with E-state index in [0.29, 0.717) is 16.9 Å². The van der Waals surface area contributed by atoms with E-state index in [0.717, 1.165) is 17.7 Å². The van der Waals surface area contributed by atoms with Crippen molar-refractivity contribution in [2.24, 2.45) is 0 Å². The number of ether oxygens (including phenoxy) is 2. The van der Waals surface area contributed by atoms with Gasteiger partial charge in [-0.15, -0.1) is 0 Å². The monoisotopic (exact) mass is 685 g/mol. The molecule has 9 nitrogen and oxygen atoms in total. The summed E-state index contributed by atoms with van der Waals surface area (Å²) in [5.41, 5.74) is 2.05. The van der Waals surface area contributed by atoms with E-state index in [1.54, 1.807) is 36.4 Å². The predicted molar refractivity (Wildman–Crippen MR) is 180 cm³/mol. The molecule has 2 amide bonds. The summed E-state index contributed by atoms with van der Waals surface area (Å²) in [6.07, 6.45) is 0. The number of carbonyl (C=O) groups excluding carboxylic acids is 2. The Labute approximate surface area is 283 Å². The Bertz CT molecular complexity index is 1980. The zero-order valence-corrected chi connectivity index (χ0v) is 27.2. The summed E-state index contributed by atoms with van der Waals surface area (Å²) in [6.45, 7) is -0.410. The molecule has 5 aromatic carbocycles. The van der Waals surface area contributed by atoms with Gasteiger partial charge in [-0.1, -0.05) is 60.7 Å². The van der Waals surface area contributed by atoms with Crippen molar-refractivity contribution < 1.29 is 36.3 Å². The quantitative estimate of drug-likeness (QED) is 0.143. The average Bonchev–Trinajstić information content (AvgIpc) is 3.12. The molecule has 0 saturated heterocycles. The van der Waals surface area contributed by atoms with Crippen molar-refractivity contribution in [3.8, 4) is 11.5 Å². The predicted octanol–water partition coefficient (Wildman–Crippen LogP) is 6.24. The molecule has 5 rings (SSSR count). The molecule has 0 aliphatic heterocycles. The van der Waals surface area contributed by atoms with Crippen LogP contribution in [-0.2, 0) is 32.7 Å². The summed E-state index contributed by atoms with van der Waals surface area (Å²) in [5, 5.41) is 2.92. The lowest BCUT2D eigenvalue weighted by atomic mass is 10.0. The van der Waals surface area contributed by atoms with Crippen LogP contribution in [0.15, 0.2) is 132 Å². The molecular formula is C37H33F2N3O6S. The van der Waals surface area contributed by atoms with Crippen molar-refractivity contribution in [3.05, 3.63) is 156 Å². The van der Waals surface area contributed by atoms with E-state index in [1.165, 1.54) is 72.7 Å². The van der Waals surface area contributed by atoms with Crippen LogP contribution in [0.2, 0.25) is 0 Å². The molecule has 0 bridgehead atoms. The second-order valence-electron chi connectivity index (χ2n) is 10.9. The highest BCUT2D eigenvalue weighted by atomic mass is 32.2. The summed E-state index contributed by atoms with van der Waals surface area (Å²) in [5.74, 6) is -1.17. The number of nitrogens with one attached hydrogen (secondary N) is 2. The molecular weight excluding hydrogens is 652 g/mol. The third kappa shape index (κ3) is 9.20. The summed E-state index contributed by atoms with van der Waals surface area (Å²) in [4.78, 5) is 29.1. The normalized spacial score (nSPS) is 11.7. The van der Waals surface area contributed by atoms with E-state index in [2.05, 4.69) is 10.0 Å². The van der Waals surface area contributed by atoms with E-state index in [4.69, 9.17) is 9.47 Å². The Morgan fingerprint density at radius 2 is 1.39 bits per heavy atom. The maximum Gasteiger partial charge on any atom is 0.261 e. The van der Waals surface area contributed by atoms with Gasteiger partial charge in [-0.05, 0) is 77.9 Å². The van der Waals surface area contributed by atoms with Gasteiger partial charge in [-0.3, -0.25) is 14.3 Å². The van der Waals surface area contributed by atoms with Crippen LogP contribution in [-0.4, -0.2) is 38.8 Å². The Hall–Kier alpha value is -5.75. The van der Waals surface area contributed by atoms with Crippen LogP contribution in [0.4, 0.5) is 14.5 Å². The van der Waals surface area contributed by atoms with Gasteiger partial charge in [0.15, 0.2) is 6.61 Å². The topological polar surface area (TPSA) is 114 Å². The van der Waals surface area contributed by atoms with Crippen LogP contribution in [0.25, 0.3) is 0 Å². The molecule has 2 N–H and O–H groups in total. The molecule has 0 radical (unpaired) electrons. The molecule has 0 aliphatic rings. The number of methoxy groups -OCH3 is 1. The number of amides is 2. The zero-order chi connectivity index (χ0) is 34.8. The van der Waals surface area contributed by atoms with E-state index >= 15 is 0 Å². The molecule has 0 spiro atoms. The number of para-hydroxylation sites is 1. The molecule has 5 aromatic rings. The number of halogens is 2. The maximum absolute atomic E-state index is 13.9.